The van der Waals surface area contributed by atoms with Crippen molar-refractivity contribution in [2.75, 3.05) is 11.1 Å². The van der Waals surface area contributed by atoms with E-state index < -0.39 is 0 Å². The number of nitrogens with one attached hydrogen (secondary N) is 1. The summed E-state index contributed by atoms with van der Waals surface area (Å²) in [4.78, 5) is 21.4. The van der Waals surface area contributed by atoms with Crippen molar-refractivity contribution in [1.29, 1.82) is 0 Å². The molecule has 0 atom stereocenters. The van der Waals surface area contributed by atoms with E-state index in [0.29, 0.717) is 15.7 Å². The van der Waals surface area contributed by atoms with Gasteiger partial charge in [-0.3, -0.25) is 10.1 Å². The minimum atomic E-state index is -0.167. The van der Waals surface area contributed by atoms with Crippen LogP contribution in [-0.4, -0.2) is 15.9 Å². The molecule has 2 aromatic heterocycles. The summed E-state index contributed by atoms with van der Waals surface area (Å²) in [5, 5.41) is 4.27. The van der Waals surface area contributed by atoms with Crippen LogP contribution in [0.2, 0.25) is 0 Å². The lowest BCUT2D eigenvalue weighted by atomic mass is 10.3. The zero-order valence-corrected chi connectivity index (χ0v) is 12.6. The van der Waals surface area contributed by atoms with Crippen LogP contribution < -0.4 is 11.1 Å². The van der Waals surface area contributed by atoms with E-state index >= 15 is 0 Å². The van der Waals surface area contributed by atoms with Crippen LogP contribution in [0.1, 0.15) is 20.4 Å². The van der Waals surface area contributed by atoms with Crippen molar-refractivity contribution in [3.8, 4) is 0 Å². The molecule has 0 aliphatic carbocycles. The van der Waals surface area contributed by atoms with Crippen LogP contribution in [0.3, 0.4) is 0 Å². The predicted molar refractivity (Wildman–Crippen MR) is 83.6 cm³/mol. The summed E-state index contributed by atoms with van der Waals surface area (Å²) in [6, 6.07) is 5.49. The average Bonchev–Trinajstić information content (AvgIpc) is 2.91. The molecule has 2 heterocycles. The third kappa shape index (κ3) is 2.37. The molecule has 5 nitrogen and oxygen atoms in total. The molecule has 3 aromatic rings. The molecule has 102 valence electrons. The number of nitrogens with zero attached hydrogens (tertiary/aromatic N) is 2. The highest BCUT2D eigenvalue weighted by molar-refractivity contribution is 7.22. The summed E-state index contributed by atoms with van der Waals surface area (Å²) in [6.07, 6.45) is 0. The maximum atomic E-state index is 12.2. The van der Waals surface area contributed by atoms with Gasteiger partial charge in [-0.2, -0.15) is 0 Å². The van der Waals surface area contributed by atoms with Crippen molar-refractivity contribution in [2.24, 2.45) is 0 Å². The predicted octanol–water partition coefficient (Wildman–Crippen LogP) is 3.20. The van der Waals surface area contributed by atoms with Crippen molar-refractivity contribution in [1.82, 2.24) is 9.97 Å². The first-order chi connectivity index (χ1) is 9.52. The summed E-state index contributed by atoms with van der Waals surface area (Å²) in [5.41, 5.74) is 8.00. The first kappa shape index (κ1) is 13.0. The molecule has 0 aliphatic heterocycles. The summed E-state index contributed by atoms with van der Waals surface area (Å²) in [5.74, 6) is -0.167. The number of amides is 1. The average molecular weight is 304 g/mol. The van der Waals surface area contributed by atoms with Gasteiger partial charge in [0.15, 0.2) is 5.13 Å². The molecular weight excluding hydrogens is 292 g/mol. The number of anilines is 2. The Bertz CT molecular complexity index is 806. The maximum absolute atomic E-state index is 12.2. The second-order valence-corrected chi connectivity index (χ2v) is 6.58. The van der Waals surface area contributed by atoms with Gasteiger partial charge in [-0.05, 0) is 32.0 Å². The van der Waals surface area contributed by atoms with E-state index in [1.165, 1.54) is 22.7 Å². The molecule has 0 saturated heterocycles. The van der Waals surface area contributed by atoms with Crippen molar-refractivity contribution < 1.29 is 4.79 Å². The maximum Gasteiger partial charge on any atom is 0.269 e. The van der Waals surface area contributed by atoms with Gasteiger partial charge in [-0.25, -0.2) is 9.97 Å². The van der Waals surface area contributed by atoms with Crippen LogP contribution >= 0.6 is 22.7 Å². The SMILES string of the molecule is Cc1nc(C)c(C(=O)Nc2nc3ccc(N)cc3s2)s1. The number of hydrogen-bond acceptors (Lipinski definition) is 6. The van der Waals surface area contributed by atoms with Gasteiger partial charge in [0.05, 0.1) is 20.9 Å². The van der Waals surface area contributed by atoms with E-state index in [9.17, 15) is 4.79 Å². The largest absolute Gasteiger partial charge is 0.399 e. The Morgan fingerprint density at radius 3 is 2.75 bits per heavy atom. The van der Waals surface area contributed by atoms with Gasteiger partial charge < -0.3 is 5.73 Å². The van der Waals surface area contributed by atoms with Crippen molar-refractivity contribution >= 4 is 49.6 Å². The van der Waals surface area contributed by atoms with E-state index in [-0.39, 0.29) is 5.91 Å². The molecule has 20 heavy (non-hydrogen) atoms. The Kier molecular flexibility index (Phi) is 3.15. The number of aryl methyl sites for hydroxylation is 2. The molecule has 0 saturated carbocycles. The van der Waals surface area contributed by atoms with Crippen LogP contribution in [0.15, 0.2) is 18.2 Å². The number of aromatic nitrogens is 2. The van der Waals surface area contributed by atoms with Crippen LogP contribution in [0.5, 0.6) is 0 Å². The van der Waals surface area contributed by atoms with Gasteiger partial charge >= 0.3 is 0 Å². The zero-order chi connectivity index (χ0) is 14.3. The second kappa shape index (κ2) is 4.84. The molecule has 0 fully saturated rings. The first-order valence-electron chi connectivity index (χ1n) is 5.94. The lowest BCUT2D eigenvalue weighted by Gasteiger charge is -1.98. The molecule has 1 amide bonds. The normalized spacial score (nSPS) is 10.9. The number of carbonyl (C=O) groups excluding carboxylic acids is 1. The standard InChI is InChI=1S/C13H12N4OS2/c1-6-11(19-7(2)15-6)12(18)17-13-16-9-4-3-8(14)5-10(9)20-13/h3-5H,14H2,1-2H3,(H,16,17,18). The smallest absolute Gasteiger partial charge is 0.269 e. The fraction of sp³-hybridized carbons (Fsp3) is 0.154. The van der Waals surface area contributed by atoms with Gasteiger partial charge in [0.25, 0.3) is 5.91 Å². The molecule has 0 aliphatic rings. The Morgan fingerprint density at radius 1 is 1.25 bits per heavy atom. The van der Waals surface area contributed by atoms with E-state index in [1.54, 1.807) is 6.07 Å². The molecule has 1 aromatic carbocycles. The number of benzene rings is 1. The zero-order valence-electron chi connectivity index (χ0n) is 10.9. The number of fused-ring (bicyclic) bond motifs is 1. The number of nitrogens with two attached hydrogens (primary N) is 1. The topological polar surface area (TPSA) is 80.9 Å². The third-order valence-electron chi connectivity index (χ3n) is 2.74. The van der Waals surface area contributed by atoms with Gasteiger partial charge in [0.2, 0.25) is 0 Å². The third-order valence-corrected chi connectivity index (χ3v) is 4.75. The minimum Gasteiger partial charge on any atom is -0.399 e. The molecule has 0 unspecified atom stereocenters. The first-order valence-corrected chi connectivity index (χ1v) is 7.57. The number of carbonyl (C=O) groups is 1. The van der Waals surface area contributed by atoms with Gasteiger partial charge in [-0.1, -0.05) is 11.3 Å². The summed E-state index contributed by atoms with van der Waals surface area (Å²) in [7, 11) is 0. The molecule has 3 N–H and O–H groups in total. The van der Waals surface area contributed by atoms with Crippen LogP contribution in [-0.2, 0) is 0 Å². The van der Waals surface area contributed by atoms with E-state index in [4.69, 9.17) is 5.73 Å². The van der Waals surface area contributed by atoms with Crippen molar-refractivity contribution in [2.45, 2.75) is 13.8 Å². The molecular formula is C13H12N4OS2. The Morgan fingerprint density at radius 2 is 2.05 bits per heavy atom. The van der Waals surface area contributed by atoms with Crippen LogP contribution in [0.25, 0.3) is 10.2 Å². The monoisotopic (exact) mass is 304 g/mol. The summed E-state index contributed by atoms with van der Waals surface area (Å²) in [6.45, 7) is 3.71. The second-order valence-electron chi connectivity index (χ2n) is 4.35. The van der Waals surface area contributed by atoms with Crippen molar-refractivity contribution in [3.63, 3.8) is 0 Å². The van der Waals surface area contributed by atoms with Gasteiger partial charge in [0.1, 0.15) is 4.88 Å². The lowest BCUT2D eigenvalue weighted by Crippen LogP contribution is -2.11. The Balaban J connectivity index is 1.89. The van der Waals surface area contributed by atoms with Crippen molar-refractivity contribution in [3.05, 3.63) is 33.8 Å². The molecule has 0 spiro atoms. The lowest BCUT2D eigenvalue weighted by molar-refractivity contribution is 0.103. The summed E-state index contributed by atoms with van der Waals surface area (Å²) >= 11 is 2.79. The Hall–Kier alpha value is -1.99. The number of nitrogen functional groups attached to an aromatic ring is 1. The number of thiazole rings is 2. The Labute approximate surface area is 123 Å². The molecule has 0 bridgehead atoms. The van der Waals surface area contributed by atoms with E-state index in [0.717, 1.165) is 20.9 Å². The highest BCUT2D eigenvalue weighted by Crippen LogP contribution is 2.28. The van der Waals surface area contributed by atoms with Gasteiger partial charge in [0, 0.05) is 5.69 Å². The fourth-order valence-corrected chi connectivity index (χ4v) is 3.61. The molecule has 7 heteroatoms. The fourth-order valence-electron chi connectivity index (χ4n) is 1.89. The summed E-state index contributed by atoms with van der Waals surface area (Å²) < 4.78 is 0.956. The number of hydrogen-bond donors (Lipinski definition) is 2. The van der Waals surface area contributed by atoms with E-state index in [2.05, 4.69) is 15.3 Å². The van der Waals surface area contributed by atoms with E-state index in [1.807, 2.05) is 26.0 Å². The molecule has 3 rings (SSSR count). The number of rotatable bonds is 2. The van der Waals surface area contributed by atoms with Crippen LogP contribution in [0, 0.1) is 13.8 Å². The van der Waals surface area contributed by atoms with Gasteiger partial charge in [-0.15, -0.1) is 11.3 Å². The quantitative estimate of drug-likeness (QED) is 0.712. The highest BCUT2D eigenvalue weighted by atomic mass is 32.1. The molecule has 0 radical (unpaired) electrons. The highest BCUT2D eigenvalue weighted by Gasteiger charge is 2.15. The minimum absolute atomic E-state index is 0.167. The van der Waals surface area contributed by atoms with Crippen LogP contribution in [0.4, 0.5) is 10.8 Å².